The number of halogens is 1. The van der Waals surface area contributed by atoms with E-state index in [4.69, 9.17) is 4.99 Å². The molecule has 0 aliphatic heterocycles. The minimum atomic E-state index is 0. The van der Waals surface area contributed by atoms with Gasteiger partial charge in [-0.25, -0.2) is 9.98 Å². The van der Waals surface area contributed by atoms with Gasteiger partial charge < -0.3 is 15.5 Å². The van der Waals surface area contributed by atoms with E-state index in [-0.39, 0.29) is 24.0 Å². The SMILES string of the molecule is CCNC(=NCc1cccnc1N(C)C)NCC1(CC)CCCC1.I. The minimum absolute atomic E-state index is 0. The number of hydrogen-bond donors (Lipinski definition) is 2. The molecule has 142 valence electrons. The van der Waals surface area contributed by atoms with Crippen LogP contribution < -0.4 is 15.5 Å². The molecule has 6 heteroatoms. The fourth-order valence-corrected chi connectivity index (χ4v) is 3.51. The van der Waals surface area contributed by atoms with E-state index in [0.717, 1.165) is 30.4 Å². The molecule has 1 aromatic rings. The van der Waals surface area contributed by atoms with Gasteiger partial charge in [0.25, 0.3) is 0 Å². The summed E-state index contributed by atoms with van der Waals surface area (Å²) in [5.41, 5.74) is 1.60. The lowest BCUT2D eigenvalue weighted by atomic mass is 9.83. The first-order valence-electron chi connectivity index (χ1n) is 9.23. The normalized spacial score (nSPS) is 16.2. The first-order valence-corrected chi connectivity index (χ1v) is 9.23. The highest BCUT2D eigenvalue weighted by Gasteiger charge is 2.31. The van der Waals surface area contributed by atoms with E-state index >= 15 is 0 Å². The predicted molar refractivity (Wildman–Crippen MR) is 118 cm³/mol. The van der Waals surface area contributed by atoms with Crippen molar-refractivity contribution in [3.05, 3.63) is 23.9 Å². The summed E-state index contributed by atoms with van der Waals surface area (Å²) in [6.45, 7) is 6.95. The van der Waals surface area contributed by atoms with E-state index in [9.17, 15) is 0 Å². The first-order chi connectivity index (χ1) is 11.6. The molecule has 0 saturated heterocycles. The average Bonchev–Trinajstić information content (AvgIpc) is 3.07. The number of anilines is 1. The van der Waals surface area contributed by atoms with Crippen molar-refractivity contribution in [1.29, 1.82) is 0 Å². The first kappa shape index (κ1) is 22.0. The molecule has 1 aromatic heterocycles. The number of rotatable bonds is 7. The molecule has 0 unspecified atom stereocenters. The zero-order valence-corrected chi connectivity index (χ0v) is 18.5. The summed E-state index contributed by atoms with van der Waals surface area (Å²) in [5, 5.41) is 6.95. The molecular formula is C19H34IN5. The summed E-state index contributed by atoms with van der Waals surface area (Å²) in [6.07, 6.45) is 8.48. The van der Waals surface area contributed by atoms with Crippen LogP contribution in [0, 0.1) is 5.41 Å². The molecule has 1 saturated carbocycles. The van der Waals surface area contributed by atoms with Gasteiger partial charge in [0.15, 0.2) is 5.96 Å². The van der Waals surface area contributed by atoms with Crippen LogP contribution in [0.15, 0.2) is 23.3 Å². The third kappa shape index (κ3) is 6.31. The maximum atomic E-state index is 4.78. The number of hydrogen-bond acceptors (Lipinski definition) is 3. The number of aromatic nitrogens is 1. The zero-order chi connectivity index (χ0) is 17.4. The van der Waals surface area contributed by atoms with Gasteiger partial charge >= 0.3 is 0 Å². The highest BCUT2D eigenvalue weighted by Crippen LogP contribution is 2.40. The van der Waals surface area contributed by atoms with Gasteiger partial charge in [0.2, 0.25) is 0 Å². The van der Waals surface area contributed by atoms with Crippen molar-refractivity contribution in [2.45, 2.75) is 52.5 Å². The van der Waals surface area contributed by atoms with Gasteiger partial charge in [-0.1, -0.05) is 25.8 Å². The Morgan fingerprint density at radius 3 is 2.56 bits per heavy atom. The Bertz CT molecular complexity index is 538. The number of nitrogens with one attached hydrogen (secondary N) is 2. The molecule has 0 amide bonds. The Balaban J connectivity index is 0.00000312. The molecule has 1 heterocycles. The second-order valence-electron chi connectivity index (χ2n) is 6.99. The monoisotopic (exact) mass is 459 g/mol. The molecule has 5 nitrogen and oxygen atoms in total. The lowest BCUT2D eigenvalue weighted by Crippen LogP contribution is -2.42. The largest absolute Gasteiger partial charge is 0.362 e. The van der Waals surface area contributed by atoms with Crippen molar-refractivity contribution in [3.63, 3.8) is 0 Å². The van der Waals surface area contributed by atoms with E-state index in [1.54, 1.807) is 0 Å². The second-order valence-corrected chi connectivity index (χ2v) is 6.99. The second kappa shape index (κ2) is 10.8. The van der Waals surface area contributed by atoms with Gasteiger partial charge in [-0.2, -0.15) is 0 Å². The van der Waals surface area contributed by atoms with Crippen LogP contribution >= 0.6 is 24.0 Å². The Morgan fingerprint density at radius 2 is 1.96 bits per heavy atom. The average molecular weight is 459 g/mol. The molecule has 2 rings (SSSR count). The van der Waals surface area contributed by atoms with Gasteiger partial charge in [0.1, 0.15) is 5.82 Å². The van der Waals surface area contributed by atoms with Crippen LogP contribution in [-0.4, -0.2) is 38.1 Å². The molecule has 0 spiro atoms. The van der Waals surface area contributed by atoms with Crippen LogP contribution in [-0.2, 0) is 6.54 Å². The summed E-state index contributed by atoms with van der Waals surface area (Å²) in [7, 11) is 4.04. The summed E-state index contributed by atoms with van der Waals surface area (Å²) in [6, 6.07) is 4.07. The summed E-state index contributed by atoms with van der Waals surface area (Å²) in [5.74, 6) is 1.89. The van der Waals surface area contributed by atoms with Crippen LogP contribution in [0.5, 0.6) is 0 Å². The van der Waals surface area contributed by atoms with Gasteiger partial charge in [0.05, 0.1) is 6.54 Å². The Hall–Kier alpha value is -1.05. The van der Waals surface area contributed by atoms with Crippen LogP contribution in [0.25, 0.3) is 0 Å². The maximum absolute atomic E-state index is 4.78. The quantitative estimate of drug-likeness (QED) is 0.370. The number of nitrogens with zero attached hydrogens (tertiary/aromatic N) is 3. The molecule has 1 aliphatic rings. The van der Waals surface area contributed by atoms with E-state index in [0.29, 0.717) is 12.0 Å². The molecular weight excluding hydrogens is 425 g/mol. The maximum Gasteiger partial charge on any atom is 0.191 e. The molecule has 2 N–H and O–H groups in total. The molecule has 1 fully saturated rings. The Morgan fingerprint density at radius 1 is 1.24 bits per heavy atom. The third-order valence-electron chi connectivity index (χ3n) is 5.09. The molecule has 1 aliphatic carbocycles. The van der Waals surface area contributed by atoms with Gasteiger partial charge in [-0.15, -0.1) is 24.0 Å². The highest BCUT2D eigenvalue weighted by atomic mass is 127. The zero-order valence-electron chi connectivity index (χ0n) is 16.1. The molecule has 0 atom stereocenters. The third-order valence-corrected chi connectivity index (χ3v) is 5.09. The highest BCUT2D eigenvalue weighted by molar-refractivity contribution is 14.0. The van der Waals surface area contributed by atoms with Crippen molar-refractivity contribution >= 4 is 35.8 Å². The van der Waals surface area contributed by atoms with Crippen molar-refractivity contribution in [1.82, 2.24) is 15.6 Å². The predicted octanol–water partition coefficient (Wildman–Crippen LogP) is 3.79. The molecule has 25 heavy (non-hydrogen) atoms. The van der Waals surface area contributed by atoms with Crippen molar-refractivity contribution in [3.8, 4) is 0 Å². The number of guanidine groups is 1. The minimum Gasteiger partial charge on any atom is -0.362 e. The molecule has 0 bridgehead atoms. The summed E-state index contributed by atoms with van der Waals surface area (Å²) in [4.78, 5) is 11.3. The van der Waals surface area contributed by atoms with Crippen molar-refractivity contribution in [2.75, 3.05) is 32.1 Å². The van der Waals surface area contributed by atoms with Crippen molar-refractivity contribution in [2.24, 2.45) is 10.4 Å². The smallest absolute Gasteiger partial charge is 0.191 e. The molecule has 0 aromatic carbocycles. The fraction of sp³-hybridized carbons (Fsp3) is 0.684. The number of pyridine rings is 1. The van der Waals surface area contributed by atoms with Crippen LogP contribution in [0.1, 0.15) is 51.5 Å². The fourth-order valence-electron chi connectivity index (χ4n) is 3.51. The Labute approximate surface area is 170 Å². The van der Waals surface area contributed by atoms with Gasteiger partial charge in [0, 0.05) is 38.9 Å². The topological polar surface area (TPSA) is 52.6 Å². The van der Waals surface area contributed by atoms with Crippen LogP contribution in [0.3, 0.4) is 0 Å². The van der Waals surface area contributed by atoms with Crippen molar-refractivity contribution < 1.29 is 0 Å². The van der Waals surface area contributed by atoms with Gasteiger partial charge in [-0.3, -0.25) is 0 Å². The summed E-state index contributed by atoms with van der Waals surface area (Å²) >= 11 is 0. The van der Waals surface area contributed by atoms with E-state index in [2.05, 4.69) is 35.5 Å². The van der Waals surface area contributed by atoms with E-state index in [1.165, 1.54) is 32.1 Å². The summed E-state index contributed by atoms with van der Waals surface area (Å²) < 4.78 is 0. The lowest BCUT2D eigenvalue weighted by Gasteiger charge is -2.28. The Kier molecular flexibility index (Phi) is 9.53. The number of aliphatic imine (C=N–C) groups is 1. The van der Waals surface area contributed by atoms with Crippen LogP contribution in [0.2, 0.25) is 0 Å². The lowest BCUT2D eigenvalue weighted by molar-refractivity contribution is 0.283. The molecule has 0 radical (unpaired) electrons. The van der Waals surface area contributed by atoms with Gasteiger partial charge in [-0.05, 0) is 37.7 Å². The standard InChI is InChI=1S/C19H33N5.HI/c1-5-19(11-7-8-12-19)15-23-18(20-6-2)22-14-16-10-9-13-21-17(16)24(3)4;/h9-10,13H,5-8,11-12,14-15H2,1-4H3,(H2,20,22,23);1H. The van der Waals surface area contributed by atoms with E-state index in [1.807, 2.05) is 31.3 Å². The van der Waals surface area contributed by atoms with E-state index < -0.39 is 0 Å². The van der Waals surface area contributed by atoms with Crippen LogP contribution in [0.4, 0.5) is 5.82 Å².